The van der Waals surface area contributed by atoms with Gasteiger partial charge in [0.05, 0.1) is 8.49 Å². The van der Waals surface area contributed by atoms with Crippen LogP contribution in [0.1, 0.15) is 5.56 Å². The largest absolute Gasteiger partial charge is 0.507 e. The second-order valence-electron chi connectivity index (χ2n) is 5.17. The maximum Gasteiger partial charge on any atom is 0.326 e. The highest BCUT2D eigenvalue weighted by atomic mass is 127. The minimum Gasteiger partial charge on any atom is -0.507 e. The van der Waals surface area contributed by atoms with Crippen molar-refractivity contribution >= 4 is 45.6 Å². The van der Waals surface area contributed by atoms with Gasteiger partial charge in [0.15, 0.2) is 0 Å². The number of anilines is 1. The molecular weight excluding hydrogens is 457 g/mol. The van der Waals surface area contributed by atoms with Gasteiger partial charge in [-0.3, -0.25) is 10.1 Å². The number of phenols is 1. The van der Waals surface area contributed by atoms with Gasteiger partial charge in [-0.2, -0.15) is 0 Å². The normalized spacial score (nSPS) is 11.3. The standard InChI is InChI=1S/C15H12IN5O5/c16-10-5-8(1-4-14(10)22)6-12(15(23)24)18-11-3-2-9(19-20-17)7-13(11)21(25)26/h1-5,7,12,18,22H,6H2,(H,23,24)/t12-/m0/s1. The van der Waals surface area contributed by atoms with E-state index in [4.69, 9.17) is 5.53 Å². The Kier molecular flexibility index (Phi) is 6.20. The Labute approximate surface area is 160 Å². The lowest BCUT2D eigenvalue weighted by atomic mass is 10.1. The molecule has 26 heavy (non-hydrogen) atoms. The number of nitro groups is 1. The number of halogens is 1. The second-order valence-corrected chi connectivity index (χ2v) is 6.34. The van der Waals surface area contributed by atoms with E-state index in [1.165, 1.54) is 18.2 Å². The quantitative estimate of drug-likeness (QED) is 0.139. The highest BCUT2D eigenvalue weighted by Gasteiger charge is 2.23. The first-order valence-corrected chi connectivity index (χ1v) is 8.20. The summed E-state index contributed by atoms with van der Waals surface area (Å²) >= 11 is 1.92. The number of carboxylic acids is 1. The number of carbonyl (C=O) groups is 1. The van der Waals surface area contributed by atoms with E-state index >= 15 is 0 Å². The predicted octanol–water partition coefficient (Wildman–Crippen LogP) is 3.95. The molecule has 10 nitrogen and oxygen atoms in total. The van der Waals surface area contributed by atoms with Gasteiger partial charge in [0.2, 0.25) is 0 Å². The van der Waals surface area contributed by atoms with Gasteiger partial charge in [-0.1, -0.05) is 17.2 Å². The number of benzene rings is 2. The third kappa shape index (κ3) is 4.74. The van der Waals surface area contributed by atoms with Gasteiger partial charge in [0.1, 0.15) is 17.5 Å². The van der Waals surface area contributed by atoms with Crippen LogP contribution >= 0.6 is 22.6 Å². The number of phenolic OH excluding ortho intramolecular Hbond substituents is 1. The number of carboxylic acid groups (broad SMARTS) is 1. The molecule has 0 saturated carbocycles. The van der Waals surface area contributed by atoms with Crippen LogP contribution in [0.2, 0.25) is 0 Å². The zero-order valence-electron chi connectivity index (χ0n) is 13.0. The third-order valence-corrected chi connectivity index (χ3v) is 4.28. The van der Waals surface area contributed by atoms with E-state index in [9.17, 15) is 25.1 Å². The fraction of sp³-hybridized carbons (Fsp3) is 0.133. The van der Waals surface area contributed by atoms with Crippen molar-refractivity contribution in [2.24, 2.45) is 5.11 Å². The van der Waals surface area contributed by atoms with Crippen molar-refractivity contribution in [2.75, 3.05) is 5.32 Å². The first-order chi connectivity index (χ1) is 12.3. The summed E-state index contributed by atoms with van der Waals surface area (Å²) in [7, 11) is 0. The maximum absolute atomic E-state index is 11.6. The van der Waals surface area contributed by atoms with E-state index in [2.05, 4.69) is 15.3 Å². The van der Waals surface area contributed by atoms with Crippen molar-refractivity contribution in [1.29, 1.82) is 0 Å². The molecular formula is C15H12IN5O5. The van der Waals surface area contributed by atoms with Crippen molar-refractivity contribution in [3.63, 3.8) is 0 Å². The number of hydrogen-bond acceptors (Lipinski definition) is 6. The molecule has 0 aliphatic rings. The van der Waals surface area contributed by atoms with Crippen LogP contribution in [0.15, 0.2) is 41.5 Å². The summed E-state index contributed by atoms with van der Waals surface area (Å²) in [4.78, 5) is 24.7. The monoisotopic (exact) mass is 469 g/mol. The second kappa shape index (κ2) is 8.36. The highest BCUT2D eigenvalue weighted by molar-refractivity contribution is 14.1. The molecule has 0 heterocycles. The van der Waals surface area contributed by atoms with Crippen molar-refractivity contribution in [3.8, 4) is 5.75 Å². The molecule has 0 unspecified atom stereocenters. The van der Waals surface area contributed by atoms with Gasteiger partial charge in [-0.05, 0) is 51.9 Å². The zero-order valence-corrected chi connectivity index (χ0v) is 15.2. The first-order valence-electron chi connectivity index (χ1n) is 7.12. The first kappa shape index (κ1) is 19.3. The number of aliphatic carboxylic acids is 1. The number of hydrogen-bond donors (Lipinski definition) is 3. The fourth-order valence-corrected chi connectivity index (χ4v) is 2.79. The van der Waals surface area contributed by atoms with E-state index in [-0.39, 0.29) is 23.5 Å². The topological polar surface area (TPSA) is 161 Å². The molecule has 1 atom stereocenters. The summed E-state index contributed by atoms with van der Waals surface area (Å²) in [6.45, 7) is 0. The lowest BCUT2D eigenvalue weighted by Gasteiger charge is -2.16. The summed E-state index contributed by atoms with van der Waals surface area (Å²) in [5.41, 5.74) is 8.70. The Morgan fingerprint density at radius 2 is 2.12 bits per heavy atom. The molecule has 0 radical (unpaired) electrons. The van der Waals surface area contributed by atoms with Gasteiger partial charge < -0.3 is 15.5 Å². The lowest BCUT2D eigenvalue weighted by molar-refractivity contribution is -0.383. The number of aromatic hydroxyl groups is 1. The van der Waals surface area contributed by atoms with Crippen molar-refractivity contribution in [2.45, 2.75) is 12.5 Å². The Balaban J connectivity index is 2.32. The third-order valence-electron chi connectivity index (χ3n) is 3.42. The summed E-state index contributed by atoms with van der Waals surface area (Å²) in [5, 5.41) is 36.1. The van der Waals surface area contributed by atoms with Crippen LogP contribution in [0, 0.1) is 13.7 Å². The van der Waals surface area contributed by atoms with Crippen LogP contribution < -0.4 is 5.32 Å². The Bertz CT molecular complexity index is 913. The van der Waals surface area contributed by atoms with Gasteiger partial charge in [0, 0.05) is 23.1 Å². The average Bonchev–Trinajstić information content (AvgIpc) is 2.58. The molecule has 11 heteroatoms. The van der Waals surface area contributed by atoms with E-state index in [0.29, 0.717) is 9.13 Å². The Hall–Kier alpha value is -3.05. The molecule has 3 N–H and O–H groups in total. The summed E-state index contributed by atoms with van der Waals surface area (Å²) in [6.07, 6.45) is 0.0425. The molecule has 0 amide bonds. The number of nitrogens with zero attached hydrogens (tertiary/aromatic N) is 4. The molecule has 2 rings (SSSR count). The predicted molar refractivity (Wildman–Crippen MR) is 101 cm³/mol. The zero-order chi connectivity index (χ0) is 19.3. The van der Waals surface area contributed by atoms with E-state index in [1.54, 1.807) is 12.1 Å². The minimum atomic E-state index is -1.19. The fourth-order valence-electron chi connectivity index (χ4n) is 2.21. The van der Waals surface area contributed by atoms with Crippen LogP contribution in [0.25, 0.3) is 10.4 Å². The SMILES string of the molecule is [N-]=[N+]=Nc1ccc(N[C@@H](Cc2ccc(O)c(I)c2)C(=O)O)c([N+](=O)[O-])c1. The number of rotatable bonds is 7. The molecule has 0 bridgehead atoms. The van der Waals surface area contributed by atoms with Crippen LogP contribution in [-0.4, -0.2) is 27.1 Å². The number of azide groups is 1. The van der Waals surface area contributed by atoms with Crippen LogP contribution in [0.3, 0.4) is 0 Å². The highest BCUT2D eigenvalue weighted by Crippen LogP contribution is 2.30. The van der Waals surface area contributed by atoms with Gasteiger partial charge in [-0.25, -0.2) is 4.79 Å². The smallest absolute Gasteiger partial charge is 0.326 e. The Morgan fingerprint density at radius 1 is 1.38 bits per heavy atom. The molecule has 0 spiro atoms. The Morgan fingerprint density at radius 3 is 2.69 bits per heavy atom. The van der Waals surface area contributed by atoms with Gasteiger partial charge >= 0.3 is 5.97 Å². The lowest BCUT2D eigenvalue weighted by Crippen LogP contribution is -2.31. The van der Waals surface area contributed by atoms with Crippen LogP contribution in [0.4, 0.5) is 17.1 Å². The summed E-state index contributed by atoms with van der Waals surface area (Å²) < 4.78 is 0.564. The van der Waals surface area contributed by atoms with Crippen LogP contribution in [0.5, 0.6) is 5.75 Å². The van der Waals surface area contributed by atoms with Crippen molar-refractivity contribution in [3.05, 3.63) is 66.1 Å². The number of nitrogens with one attached hydrogen (secondary N) is 1. The molecule has 0 aromatic heterocycles. The molecule has 0 saturated heterocycles. The van der Waals surface area contributed by atoms with E-state index < -0.39 is 22.6 Å². The molecule has 0 aliphatic carbocycles. The van der Waals surface area contributed by atoms with Crippen molar-refractivity contribution in [1.82, 2.24) is 0 Å². The van der Waals surface area contributed by atoms with E-state index in [1.807, 2.05) is 22.6 Å². The molecule has 2 aromatic rings. The number of nitro benzene ring substituents is 1. The van der Waals surface area contributed by atoms with Crippen molar-refractivity contribution < 1.29 is 19.9 Å². The molecule has 2 aromatic carbocycles. The minimum absolute atomic E-state index is 0.00670. The molecule has 134 valence electrons. The molecule has 0 fully saturated rings. The van der Waals surface area contributed by atoms with Gasteiger partial charge in [0.25, 0.3) is 5.69 Å². The maximum atomic E-state index is 11.6. The van der Waals surface area contributed by atoms with Gasteiger partial charge in [-0.15, -0.1) is 0 Å². The van der Waals surface area contributed by atoms with Crippen LogP contribution in [-0.2, 0) is 11.2 Å². The molecule has 0 aliphatic heterocycles. The summed E-state index contributed by atoms with van der Waals surface area (Å²) in [6, 6.07) is 7.22. The summed E-state index contributed by atoms with van der Waals surface area (Å²) in [5.74, 6) is -1.11. The van der Waals surface area contributed by atoms with E-state index in [0.717, 1.165) is 6.07 Å². The average molecular weight is 469 g/mol.